The Morgan fingerprint density at radius 3 is 2.46 bits per heavy atom. The predicted molar refractivity (Wildman–Crippen MR) is 92.1 cm³/mol. The number of carbonyl (C=O) groups excluding carboxylic acids is 1. The molecule has 1 amide bonds. The van der Waals surface area contributed by atoms with Gasteiger partial charge in [-0.25, -0.2) is 8.42 Å². The lowest BCUT2D eigenvalue weighted by atomic mass is 10.2. The van der Waals surface area contributed by atoms with Crippen LogP contribution in [0.15, 0.2) is 18.2 Å². The molecule has 0 aliphatic heterocycles. The molecule has 1 aliphatic rings. The van der Waals surface area contributed by atoms with Gasteiger partial charge in [0, 0.05) is 12.1 Å². The normalized spacial score (nSPS) is 15.1. The SMILES string of the molecule is COc1ccc(OC)c(N(CC(=O)NC2CCCC2)S(C)(=O)=O)c1. The number of nitrogens with one attached hydrogen (secondary N) is 1. The van der Waals surface area contributed by atoms with Crippen LogP contribution in [0.25, 0.3) is 0 Å². The van der Waals surface area contributed by atoms with Gasteiger partial charge in [0.05, 0.1) is 26.2 Å². The Morgan fingerprint density at radius 1 is 1.25 bits per heavy atom. The first-order valence-electron chi connectivity index (χ1n) is 7.84. The summed E-state index contributed by atoms with van der Waals surface area (Å²) in [5.41, 5.74) is 0.279. The molecule has 1 N–H and O–H groups in total. The molecule has 0 saturated heterocycles. The molecule has 0 heterocycles. The van der Waals surface area contributed by atoms with Crippen molar-refractivity contribution in [3.05, 3.63) is 18.2 Å². The molecule has 1 aromatic carbocycles. The highest BCUT2D eigenvalue weighted by Gasteiger charge is 2.26. The molecule has 1 aromatic rings. The molecule has 8 heteroatoms. The molecule has 0 atom stereocenters. The third-order valence-corrected chi connectivity index (χ3v) is 5.19. The number of amides is 1. The van der Waals surface area contributed by atoms with E-state index in [1.165, 1.54) is 14.2 Å². The maximum atomic E-state index is 12.3. The summed E-state index contributed by atoms with van der Waals surface area (Å²) in [4.78, 5) is 12.3. The molecule has 0 spiro atoms. The van der Waals surface area contributed by atoms with Crippen molar-refractivity contribution in [3.8, 4) is 11.5 Å². The molecule has 1 aliphatic carbocycles. The minimum Gasteiger partial charge on any atom is -0.497 e. The van der Waals surface area contributed by atoms with Crippen molar-refractivity contribution in [2.45, 2.75) is 31.7 Å². The fraction of sp³-hybridized carbons (Fsp3) is 0.562. The summed E-state index contributed by atoms with van der Waals surface area (Å²) in [7, 11) is -0.729. The molecule has 2 rings (SSSR count). The average molecular weight is 356 g/mol. The summed E-state index contributed by atoms with van der Waals surface area (Å²) >= 11 is 0. The van der Waals surface area contributed by atoms with Gasteiger partial charge in [-0.3, -0.25) is 9.10 Å². The van der Waals surface area contributed by atoms with Crippen molar-refractivity contribution in [1.82, 2.24) is 5.32 Å². The van der Waals surface area contributed by atoms with Gasteiger partial charge in [0.25, 0.3) is 0 Å². The number of ether oxygens (including phenoxy) is 2. The van der Waals surface area contributed by atoms with Crippen molar-refractivity contribution >= 4 is 21.6 Å². The molecule has 0 aromatic heterocycles. The highest BCUT2D eigenvalue weighted by molar-refractivity contribution is 7.92. The van der Waals surface area contributed by atoms with E-state index in [-0.39, 0.29) is 24.2 Å². The van der Waals surface area contributed by atoms with Crippen molar-refractivity contribution in [2.24, 2.45) is 0 Å². The van der Waals surface area contributed by atoms with Crippen LogP contribution >= 0.6 is 0 Å². The second kappa shape index (κ2) is 7.74. The van der Waals surface area contributed by atoms with E-state index in [1.54, 1.807) is 18.2 Å². The largest absolute Gasteiger partial charge is 0.497 e. The Kier molecular flexibility index (Phi) is 5.93. The summed E-state index contributed by atoms with van der Waals surface area (Å²) in [5.74, 6) is 0.516. The summed E-state index contributed by atoms with van der Waals surface area (Å²) < 4.78 is 35.9. The topological polar surface area (TPSA) is 84.9 Å². The summed E-state index contributed by atoms with van der Waals surface area (Å²) in [6.45, 7) is -0.293. The zero-order chi connectivity index (χ0) is 17.7. The first-order valence-corrected chi connectivity index (χ1v) is 9.69. The minimum atomic E-state index is -3.67. The Bertz CT molecular complexity index is 684. The number of anilines is 1. The zero-order valence-corrected chi connectivity index (χ0v) is 15.1. The first-order chi connectivity index (χ1) is 11.3. The highest BCUT2D eigenvalue weighted by Crippen LogP contribution is 2.33. The molecule has 24 heavy (non-hydrogen) atoms. The third kappa shape index (κ3) is 4.53. The summed E-state index contributed by atoms with van der Waals surface area (Å²) in [6.07, 6.45) is 5.11. The number of sulfonamides is 1. The van der Waals surface area contributed by atoms with E-state index < -0.39 is 10.0 Å². The molecule has 1 saturated carbocycles. The highest BCUT2D eigenvalue weighted by atomic mass is 32.2. The molecule has 0 unspecified atom stereocenters. The molecule has 1 fully saturated rings. The Balaban J connectivity index is 2.27. The van der Waals surface area contributed by atoms with E-state index in [2.05, 4.69) is 5.32 Å². The average Bonchev–Trinajstić information content (AvgIpc) is 3.03. The van der Waals surface area contributed by atoms with Crippen LogP contribution in [0.4, 0.5) is 5.69 Å². The van der Waals surface area contributed by atoms with Crippen LogP contribution in [0.2, 0.25) is 0 Å². The van der Waals surface area contributed by atoms with Gasteiger partial charge < -0.3 is 14.8 Å². The van der Waals surface area contributed by atoms with Crippen LogP contribution < -0.4 is 19.1 Å². The number of hydrogen-bond donors (Lipinski definition) is 1. The fourth-order valence-electron chi connectivity index (χ4n) is 2.85. The Labute approximate surface area is 143 Å². The molecule has 134 valence electrons. The second-order valence-corrected chi connectivity index (χ2v) is 7.76. The number of carbonyl (C=O) groups is 1. The van der Waals surface area contributed by atoms with Gasteiger partial charge in [-0.1, -0.05) is 12.8 Å². The fourth-order valence-corrected chi connectivity index (χ4v) is 3.70. The molecular formula is C16H24N2O5S. The monoisotopic (exact) mass is 356 g/mol. The molecule has 0 radical (unpaired) electrons. The quantitative estimate of drug-likeness (QED) is 0.801. The minimum absolute atomic E-state index is 0.131. The van der Waals surface area contributed by atoms with Gasteiger partial charge in [-0.15, -0.1) is 0 Å². The standard InChI is InChI=1S/C16H24N2O5S/c1-22-13-8-9-15(23-2)14(10-13)18(24(3,20)21)11-16(19)17-12-6-4-5-7-12/h8-10,12H,4-7,11H2,1-3H3,(H,17,19). The van der Waals surface area contributed by atoms with E-state index in [0.29, 0.717) is 11.5 Å². The van der Waals surface area contributed by atoms with E-state index in [9.17, 15) is 13.2 Å². The molecular weight excluding hydrogens is 332 g/mol. The number of rotatable bonds is 7. The zero-order valence-electron chi connectivity index (χ0n) is 14.2. The van der Waals surface area contributed by atoms with Crippen molar-refractivity contribution < 1.29 is 22.7 Å². The van der Waals surface area contributed by atoms with E-state index >= 15 is 0 Å². The number of hydrogen-bond acceptors (Lipinski definition) is 5. The lowest BCUT2D eigenvalue weighted by Crippen LogP contribution is -2.43. The predicted octanol–water partition coefficient (Wildman–Crippen LogP) is 1.53. The van der Waals surface area contributed by atoms with Gasteiger partial charge in [0.2, 0.25) is 15.9 Å². The van der Waals surface area contributed by atoms with Crippen LogP contribution in [0.5, 0.6) is 11.5 Å². The lowest BCUT2D eigenvalue weighted by Gasteiger charge is -2.25. The van der Waals surface area contributed by atoms with Crippen molar-refractivity contribution in [3.63, 3.8) is 0 Å². The van der Waals surface area contributed by atoms with Gasteiger partial charge in [-0.2, -0.15) is 0 Å². The van der Waals surface area contributed by atoms with Gasteiger partial charge in [0.1, 0.15) is 18.0 Å². The van der Waals surface area contributed by atoms with Gasteiger partial charge in [0.15, 0.2) is 0 Å². The summed E-state index contributed by atoms with van der Waals surface area (Å²) in [6, 6.07) is 4.96. The molecule has 0 bridgehead atoms. The first kappa shape index (κ1) is 18.4. The number of nitrogens with zero attached hydrogens (tertiary/aromatic N) is 1. The summed E-state index contributed by atoms with van der Waals surface area (Å²) in [5, 5.41) is 2.90. The number of benzene rings is 1. The van der Waals surface area contributed by atoms with Gasteiger partial charge in [-0.05, 0) is 25.0 Å². The smallest absolute Gasteiger partial charge is 0.240 e. The lowest BCUT2D eigenvalue weighted by molar-refractivity contribution is -0.120. The molecule has 7 nitrogen and oxygen atoms in total. The van der Waals surface area contributed by atoms with Crippen LogP contribution in [0.1, 0.15) is 25.7 Å². The van der Waals surface area contributed by atoms with Crippen molar-refractivity contribution in [2.75, 3.05) is 31.3 Å². The van der Waals surface area contributed by atoms with E-state index in [4.69, 9.17) is 9.47 Å². The third-order valence-electron chi connectivity index (χ3n) is 4.06. The van der Waals surface area contributed by atoms with Gasteiger partial charge >= 0.3 is 0 Å². The Morgan fingerprint density at radius 2 is 1.92 bits per heavy atom. The number of methoxy groups -OCH3 is 2. The van der Waals surface area contributed by atoms with Crippen LogP contribution in [0, 0.1) is 0 Å². The second-order valence-electron chi connectivity index (χ2n) is 5.86. The maximum Gasteiger partial charge on any atom is 0.240 e. The Hall–Kier alpha value is -1.96. The van der Waals surface area contributed by atoms with Crippen LogP contribution in [-0.2, 0) is 14.8 Å². The maximum absolute atomic E-state index is 12.3. The van der Waals surface area contributed by atoms with Crippen LogP contribution in [0.3, 0.4) is 0 Å². The van der Waals surface area contributed by atoms with E-state index in [1.807, 2.05) is 0 Å². The van der Waals surface area contributed by atoms with E-state index in [0.717, 1.165) is 36.2 Å². The van der Waals surface area contributed by atoms with Crippen LogP contribution in [-0.4, -0.2) is 47.4 Å². The van der Waals surface area contributed by atoms with Crippen molar-refractivity contribution in [1.29, 1.82) is 0 Å².